The number of furan rings is 1. The molecule has 0 bridgehead atoms. The first-order valence-corrected chi connectivity index (χ1v) is 15.1. The first kappa shape index (κ1) is 11.6. The minimum atomic E-state index is -1.34. The van der Waals surface area contributed by atoms with Gasteiger partial charge < -0.3 is 9.32 Å². The van der Waals surface area contributed by atoms with Gasteiger partial charge in [0.15, 0.2) is 0 Å². The molecule has 9 aromatic carbocycles. The quantitative estimate of drug-likeness (QED) is 0.172. The minimum absolute atomic E-state index is 0.258. The smallest absolute Gasteiger partial charge is 0.143 e. The van der Waals surface area contributed by atoms with Gasteiger partial charge in [-0.05, 0) is 91.7 Å². The van der Waals surface area contributed by atoms with Crippen molar-refractivity contribution in [1.82, 2.24) is 0 Å². The zero-order valence-corrected chi connectivity index (χ0v) is 25.9. The summed E-state index contributed by atoms with van der Waals surface area (Å²) in [5, 5.41) is -3.71. The van der Waals surface area contributed by atoms with E-state index in [0.717, 1.165) is 0 Å². The number of nitrogens with zero attached hydrogens (tertiary/aromatic N) is 1. The molecule has 244 valence electrons. The fraction of sp³-hybridized carbons (Fsp3) is 0. The standard InChI is InChI=1S/C50H33NO/c1-3-14-42-34(10-1)12-7-17-44(42)36-22-28-39(29-23-36)51(40-30-24-37(25-31-40)45-18-8-13-35-11-2-4-15-43(35)45)41-32-26-38(27-33-41)46-19-9-20-48-47-16-5-6-21-49(47)52-50(46)48/h1-33H/i1D,2D,3D,4D,5D,6D,7D,8D,9D,10D,11D,12D,13D,14D,15D,16D,17D,18D,19D,20D,21D,22D,23D,24D,25D,26D,27D,28D,29D,30D,31D,32D,33D. The summed E-state index contributed by atoms with van der Waals surface area (Å²) < 4.78 is 302. The Labute approximate surface area is 348 Å². The molecule has 0 amide bonds. The first-order valence-electron chi connectivity index (χ1n) is 31.6. The molecule has 2 heteroatoms. The fourth-order valence-corrected chi connectivity index (χ4v) is 5.47. The van der Waals surface area contributed by atoms with Gasteiger partial charge in [0.1, 0.15) is 11.2 Å². The lowest BCUT2D eigenvalue weighted by atomic mass is 9.97. The highest BCUT2D eigenvalue weighted by Crippen LogP contribution is 2.41. The van der Waals surface area contributed by atoms with Crippen LogP contribution in [-0.4, -0.2) is 0 Å². The van der Waals surface area contributed by atoms with Crippen LogP contribution in [0.3, 0.4) is 0 Å². The van der Waals surface area contributed by atoms with Crippen LogP contribution in [-0.2, 0) is 0 Å². The van der Waals surface area contributed by atoms with Crippen molar-refractivity contribution >= 4 is 60.5 Å². The van der Waals surface area contributed by atoms with Crippen molar-refractivity contribution in [1.29, 1.82) is 0 Å². The average Bonchev–Trinajstić information content (AvgIpc) is 2.69. The molecule has 0 N–H and O–H groups in total. The molecule has 0 saturated carbocycles. The number of fused-ring (bicyclic) bond motifs is 5. The van der Waals surface area contributed by atoms with Crippen LogP contribution in [0.5, 0.6) is 0 Å². The zero-order valence-electron chi connectivity index (χ0n) is 58.9. The van der Waals surface area contributed by atoms with E-state index in [9.17, 15) is 16.4 Å². The number of hydrogen-bond acceptors (Lipinski definition) is 2. The maximum Gasteiger partial charge on any atom is 0.143 e. The van der Waals surface area contributed by atoms with Crippen LogP contribution in [0.25, 0.3) is 76.9 Å². The molecule has 0 atom stereocenters. The summed E-state index contributed by atoms with van der Waals surface area (Å²) in [6, 6.07) is -34.5. The lowest BCUT2D eigenvalue weighted by Gasteiger charge is -2.26. The van der Waals surface area contributed by atoms with Crippen LogP contribution in [0.2, 0.25) is 0 Å². The number of anilines is 3. The Kier molecular flexibility index (Phi) is 2.77. The molecule has 0 aliphatic carbocycles. The lowest BCUT2D eigenvalue weighted by Crippen LogP contribution is -2.09. The molecule has 0 saturated heterocycles. The Morgan fingerprint density at radius 3 is 1.25 bits per heavy atom. The number of rotatable bonds is 6. The second-order valence-corrected chi connectivity index (χ2v) is 10.8. The highest BCUT2D eigenvalue weighted by atomic mass is 16.3. The van der Waals surface area contributed by atoms with Crippen LogP contribution in [0.4, 0.5) is 17.1 Å². The monoisotopic (exact) mass is 696 g/mol. The van der Waals surface area contributed by atoms with Gasteiger partial charge in [-0.15, -0.1) is 0 Å². The Balaban J connectivity index is 1.38. The van der Waals surface area contributed by atoms with Crippen LogP contribution in [0.1, 0.15) is 45.2 Å². The molecule has 0 fully saturated rings. The van der Waals surface area contributed by atoms with Crippen molar-refractivity contribution in [3.63, 3.8) is 0 Å². The van der Waals surface area contributed by atoms with Crippen molar-refractivity contribution in [2.45, 2.75) is 0 Å². The topological polar surface area (TPSA) is 16.4 Å². The van der Waals surface area contributed by atoms with Crippen molar-refractivity contribution in [2.24, 2.45) is 0 Å². The van der Waals surface area contributed by atoms with E-state index < -0.39 is 293 Å². The van der Waals surface area contributed by atoms with Gasteiger partial charge in [-0.2, -0.15) is 0 Å². The summed E-state index contributed by atoms with van der Waals surface area (Å²) in [5.74, 6) is 0. The Hall–Kier alpha value is -6.90. The summed E-state index contributed by atoms with van der Waals surface area (Å²) in [6.45, 7) is 0. The molecule has 2 nitrogen and oxygen atoms in total. The molecule has 0 unspecified atom stereocenters. The molecule has 0 aliphatic rings. The maximum atomic E-state index is 9.67. The summed E-state index contributed by atoms with van der Waals surface area (Å²) in [7, 11) is 0. The first-order chi connectivity index (χ1) is 39.5. The second-order valence-electron chi connectivity index (χ2n) is 10.8. The third-order valence-electron chi connectivity index (χ3n) is 7.82. The molecular formula is C50H33NO. The van der Waals surface area contributed by atoms with Gasteiger partial charge in [0.2, 0.25) is 0 Å². The van der Waals surface area contributed by atoms with Gasteiger partial charge >= 0.3 is 0 Å². The molecule has 52 heavy (non-hydrogen) atoms. The highest BCUT2D eigenvalue weighted by Gasteiger charge is 2.16. The number of hydrogen-bond donors (Lipinski definition) is 0. The van der Waals surface area contributed by atoms with E-state index in [1.165, 1.54) is 0 Å². The van der Waals surface area contributed by atoms with E-state index in [4.69, 9.17) is 33.2 Å². The maximum absolute atomic E-state index is 9.67. The molecule has 0 aliphatic heterocycles. The summed E-state index contributed by atoms with van der Waals surface area (Å²) >= 11 is 0. The normalized spacial score (nSPS) is 20.3. The largest absolute Gasteiger partial charge is 0.455 e. The highest BCUT2D eigenvalue weighted by molar-refractivity contribution is 6.09. The summed E-state index contributed by atoms with van der Waals surface area (Å²) in [5.41, 5.74) is -10.2. The SMILES string of the molecule is [2H]c1c([2H])c(N(c2c([2H])c([2H])c(-c3c([2H])c([2H])c([2H])c4c([2H])c([2H])c([2H])c([2H])c34)c([2H])c2[2H])c2c([2H])c([2H])c(-c3c([2H])c([2H])c([2H])c4c([2H])c([2H])c([2H])c([2H])c34)c([2H])c2[2H])c([2H])c([2H])c1-c1c([2H])c([2H])c([2H])c2c1oc1c([2H])c([2H])c([2H])c([2H])c12. The van der Waals surface area contributed by atoms with Gasteiger partial charge in [-0.3, -0.25) is 0 Å². The van der Waals surface area contributed by atoms with E-state index in [1.54, 1.807) is 0 Å². The summed E-state index contributed by atoms with van der Waals surface area (Å²) in [6.07, 6.45) is 0. The molecule has 1 heterocycles. The average molecular weight is 697 g/mol. The van der Waals surface area contributed by atoms with Gasteiger partial charge in [0.05, 0.1) is 45.2 Å². The predicted molar refractivity (Wildman–Crippen MR) is 220 cm³/mol. The van der Waals surface area contributed by atoms with Gasteiger partial charge in [0.25, 0.3) is 0 Å². The number of benzene rings is 9. The van der Waals surface area contributed by atoms with Crippen molar-refractivity contribution in [3.8, 4) is 33.4 Å². The van der Waals surface area contributed by atoms with Crippen LogP contribution in [0.15, 0.2) is 204 Å². The van der Waals surface area contributed by atoms with Crippen molar-refractivity contribution < 1.29 is 49.7 Å². The Morgan fingerprint density at radius 2 is 0.712 bits per heavy atom. The van der Waals surface area contributed by atoms with E-state index in [2.05, 4.69) is 0 Å². The third kappa shape index (κ3) is 5.12. The van der Waals surface area contributed by atoms with E-state index in [-0.39, 0.29) is 4.90 Å². The molecular weight excluding hydrogens is 631 g/mol. The molecule has 0 radical (unpaired) electrons. The zero-order chi connectivity index (χ0) is 63.2. The third-order valence-corrected chi connectivity index (χ3v) is 7.82. The summed E-state index contributed by atoms with van der Waals surface area (Å²) in [4.78, 5) is 0.258. The van der Waals surface area contributed by atoms with Crippen LogP contribution >= 0.6 is 0 Å². The molecule has 10 aromatic rings. The minimum Gasteiger partial charge on any atom is -0.455 e. The lowest BCUT2D eigenvalue weighted by molar-refractivity contribution is 0.670. The van der Waals surface area contributed by atoms with Gasteiger partial charge in [-0.1, -0.05) is 157 Å². The fourth-order valence-electron chi connectivity index (χ4n) is 5.47. The van der Waals surface area contributed by atoms with E-state index in [0.29, 0.717) is 0 Å². The van der Waals surface area contributed by atoms with Gasteiger partial charge in [0, 0.05) is 33.4 Å². The molecule has 10 rings (SSSR count). The van der Waals surface area contributed by atoms with E-state index in [1.807, 2.05) is 0 Å². The van der Waals surface area contributed by atoms with E-state index >= 15 is 0 Å². The number of para-hydroxylation sites is 2. The van der Waals surface area contributed by atoms with Crippen molar-refractivity contribution in [3.05, 3.63) is 199 Å². The molecule has 0 spiro atoms. The second kappa shape index (κ2) is 12.5. The van der Waals surface area contributed by atoms with Crippen LogP contribution < -0.4 is 4.90 Å². The Morgan fingerprint density at radius 1 is 0.327 bits per heavy atom. The Bertz CT molecular complexity index is 4530. The van der Waals surface area contributed by atoms with Gasteiger partial charge in [-0.25, -0.2) is 0 Å². The predicted octanol–water partition coefficient (Wildman–Crippen LogP) is 14.4. The van der Waals surface area contributed by atoms with Crippen LogP contribution in [0, 0.1) is 0 Å². The molecule has 1 aromatic heterocycles. The van der Waals surface area contributed by atoms with Crippen molar-refractivity contribution in [2.75, 3.05) is 4.90 Å².